The molecule has 3 heteroatoms. The lowest BCUT2D eigenvalue weighted by molar-refractivity contribution is -0.119. The molecule has 0 heterocycles. The molecule has 0 saturated carbocycles. The van der Waals surface area contributed by atoms with E-state index in [-0.39, 0.29) is 11.8 Å². The first-order valence-corrected chi connectivity index (χ1v) is 5.72. The van der Waals surface area contributed by atoms with E-state index in [0.717, 1.165) is 12.2 Å². The number of hydrogen-bond donors (Lipinski definition) is 1. The van der Waals surface area contributed by atoms with Crippen molar-refractivity contribution in [2.75, 3.05) is 12.0 Å². The van der Waals surface area contributed by atoms with Gasteiger partial charge < -0.3 is 5.32 Å². The predicted molar refractivity (Wildman–Crippen MR) is 55.7 cm³/mol. The Labute approximate surface area is 79.5 Å². The predicted octanol–water partition coefficient (Wildman–Crippen LogP) is 1.70. The summed E-state index contributed by atoms with van der Waals surface area (Å²) in [5.74, 6) is 1.29. The minimum atomic E-state index is 0.0532. The molecule has 0 fully saturated rings. The normalized spacial score (nSPS) is 13.4. The fourth-order valence-electron chi connectivity index (χ4n) is 1.04. The van der Waals surface area contributed by atoms with Crippen molar-refractivity contribution in [3.05, 3.63) is 0 Å². The van der Waals surface area contributed by atoms with Gasteiger partial charge in [-0.3, -0.25) is 4.79 Å². The van der Waals surface area contributed by atoms with Crippen molar-refractivity contribution in [3.8, 4) is 0 Å². The van der Waals surface area contributed by atoms with E-state index in [9.17, 15) is 4.79 Å². The number of Topliss-reactive ketones (excluding diaryl/α,β-unsaturated/α-hetero) is 1. The molecule has 0 aliphatic carbocycles. The van der Waals surface area contributed by atoms with Gasteiger partial charge in [-0.15, -0.1) is 0 Å². The van der Waals surface area contributed by atoms with Gasteiger partial charge in [0.2, 0.25) is 0 Å². The van der Waals surface area contributed by atoms with Crippen LogP contribution in [0.2, 0.25) is 0 Å². The first-order valence-electron chi connectivity index (χ1n) is 4.33. The van der Waals surface area contributed by atoms with Crippen LogP contribution in [-0.4, -0.2) is 29.9 Å². The monoisotopic (exact) mass is 189 g/mol. The molecule has 12 heavy (non-hydrogen) atoms. The van der Waals surface area contributed by atoms with Crippen LogP contribution >= 0.6 is 11.8 Å². The molecule has 0 aliphatic rings. The maximum Gasteiger partial charge on any atom is 0.146 e. The third-order valence-electron chi connectivity index (χ3n) is 1.64. The smallest absolute Gasteiger partial charge is 0.146 e. The molecule has 0 rings (SSSR count). The van der Waals surface area contributed by atoms with E-state index in [1.165, 1.54) is 0 Å². The van der Waals surface area contributed by atoms with E-state index in [0.29, 0.717) is 6.04 Å². The van der Waals surface area contributed by atoms with Crippen LogP contribution in [0.3, 0.4) is 0 Å². The maximum atomic E-state index is 11.1. The molecule has 1 unspecified atom stereocenters. The zero-order valence-electron chi connectivity index (χ0n) is 8.39. The molecular weight excluding hydrogens is 170 g/mol. The molecule has 1 N–H and O–H groups in total. The van der Waals surface area contributed by atoms with Gasteiger partial charge in [-0.25, -0.2) is 0 Å². The highest BCUT2D eigenvalue weighted by molar-refractivity contribution is 7.98. The summed E-state index contributed by atoms with van der Waals surface area (Å²) in [5.41, 5.74) is 0. The van der Waals surface area contributed by atoms with E-state index >= 15 is 0 Å². The molecule has 0 aliphatic heterocycles. The fourth-order valence-corrected chi connectivity index (χ4v) is 1.51. The molecule has 1 atom stereocenters. The van der Waals surface area contributed by atoms with Gasteiger partial charge in [-0.05, 0) is 25.4 Å². The molecule has 0 radical (unpaired) electrons. The summed E-state index contributed by atoms with van der Waals surface area (Å²) >= 11 is 1.78. The first kappa shape index (κ1) is 12.0. The van der Waals surface area contributed by atoms with Gasteiger partial charge in [-0.2, -0.15) is 11.8 Å². The third-order valence-corrected chi connectivity index (χ3v) is 2.28. The molecule has 0 bridgehead atoms. The van der Waals surface area contributed by atoms with Gasteiger partial charge in [0.05, 0.1) is 6.04 Å². The summed E-state index contributed by atoms with van der Waals surface area (Å²) in [6, 6.07) is 0.443. The number of carbonyl (C=O) groups excluding carboxylic acids is 1. The van der Waals surface area contributed by atoms with Gasteiger partial charge in [0.25, 0.3) is 0 Å². The summed E-state index contributed by atoms with van der Waals surface area (Å²) in [6.45, 7) is 5.78. The largest absolute Gasteiger partial charge is 0.305 e. The summed E-state index contributed by atoms with van der Waals surface area (Å²) in [4.78, 5) is 11.1. The SMILES string of the molecule is CSCCC(NC(C)C)C(C)=O. The molecule has 0 saturated heterocycles. The minimum absolute atomic E-state index is 0.0532. The van der Waals surface area contributed by atoms with Crippen molar-refractivity contribution in [2.45, 2.75) is 39.3 Å². The van der Waals surface area contributed by atoms with E-state index in [1.807, 2.05) is 0 Å². The molecule has 0 aromatic heterocycles. The second kappa shape index (κ2) is 6.49. The highest BCUT2D eigenvalue weighted by atomic mass is 32.2. The number of thioether (sulfide) groups is 1. The van der Waals surface area contributed by atoms with Crippen molar-refractivity contribution in [1.82, 2.24) is 5.32 Å². The number of hydrogen-bond acceptors (Lipinski definition) is 3. The van der Waals surface area contributed by atoms with E-state index in [2.05, 4.69) is 25.4 Å². The Bertz CT molecular complexity index is 136. The second-order valence-electron chi connectivity index (χ2n) is 3.27. The highest BCUT2D eigenvalue weighted by Crippen LogP contribution is 2.02. The topological polar surface area (TPSA) is 29.1 Å². The number of carbonyl (C=O) groups is 1. The minimum Gasteiger partial charge on any atom is -0.305 e. The van der Waals surface area contributed by atoms with Crippen LogP contribution in [0.15, 0.2) is 0 Å². The Morgan fingerprint density at radius 3 is 2.42 bits per heavy atom. The molecule has 0 amide bonds. The van der Waals surface area contributed by atoms with E-state index in [1.54, 1.807) is 18.7 Å². The van der Waals surface area contributed by atoms with Crippen molar-refractivity contribution < 1.29 is 4.79 Å². The van der Waals surface area contributed by atoms with Gasteiger partial charge in [0.1, 0.15) is 5.78 Å². The van der Waals surface area contributed by atoms with Crippen molar-refractivity contribution in [1.29, 1.82) is 0 Å². The third kappa shape index (κ3) is 5.61. The Morgan fingerprint density at radius 1 is 1.50 bits per heavy atom. The van der Waals surface area contributed by atoms with Crippen LogP contribution in [-0.2, 0) is 4.79 Å². The molecular formula is C9H19NOS. The first-order chi connectivity index (χ1) is 5.57. The summed E-state index contributed by atoms with van der Waals surface area (Å²) in [7, 11) is 0. The average Bonchev–Trinajstić information content (AvgIpc) is 1.96. The lowest BCUT2D eigenvalue weighted by Gasteiger charge is -2.17. The molecule has 72 valence electrons. The number of rotatable bonds is 6. The molecule has 0 aromatic rings. The van der Waals surface area contributed by atoms with Crippen molar-refractivity contribution in [3.63, 3.8) is 0 Å². The van der Waals surface area contributed by atoms with Crippen molar-refractivity contribution >= 4 is 17.5 Å². The lowest BCUT2D eigenvalue weighted by Crippen LogP contribution is -2.40. The Kier molecular flexibility index (Phi) is 6.48. The van der Waals surface area contributed by atoms with Crippen LogP contribution in [0.5, 0.6) is 0 Å². The van der Waals surface area contributed by atoms with E-state index < -0.39 is 0 Å². The van der Waals surface area contributed by atoms with Crippen LogP contribution < -0.4 is 5.32 Å². The van der Waals surface area contributed by atoms with Gasteiger partial charge in [0, 0.05) is 6.04 Å². The molecule has 0 aromatic carbocycles. The van der Waals surface area contributed by atoms with Gasteiger partial charge in [-0.1, -0.05) is 13.8 Å². The number of nitrogens with one attached hydrogen (secondary N) is 1. The zero-order chi connectivity index (χ0) is 9.56. The lowest BCUT2D eigenvalue weighted by atomic mass is 10.1. The summed E-state index contributed by atoms with van der Waals surface area (Å²) in [5, 5.41) is 3.25. The fraction of sp³-hybridized carbons (Fsp3) is 0.889. The van der Waals surface area contributed by atoms with Gasteiger partial charge >= 0.3 is 0 Å². The molecule has 2 nitrogen and oxygen atoms in total. The zero-order valence-corrected chi connectivity index (χ0v) is 9.20. The quantitative estimate of drug-likeness (QED) is 0.689. The van der Waals surface area contributed by atoms with E-state index in [4.69, 9.17) is 0 Å². The van der Waals surface area contributed by atoms with Crippen LogP contribution in [0.1, 0.15) is 27.2 Å². The highest BCUT2D eigenvalue weighted by Gasteiger charge is 2.13. The Balaban J connectivity index is 3.78. The van der Waals surface area contributed by atoms with Crippen molar-refractivity contribution in [2.24, 2.45) is 0 Å². The average molecular weight is 189 g/mol. The summed E-state index contributed by atoms with van der Waals surface area (Å²) in [6.07, 6.45) is 3.00. The Hall–Kier alpha value is -0.0200. The van der Waals surface area contributed by atoms with Crippen LogP contribution in [0, 0.1) is 0 Å². The number of ketones is 1. The standard InChI is InChI=1S/C9H19NOS/c1-7(2)10-9(8(3)11)5-6-12-4/h7,9-10H,5-6H2,1-4H3. The Morgan fingerprint density at radius 2 is 2.08 bits per heavy atom. The molecule has 0 spiro atoms. The second-order valence-corrected chi connectivity index (χ2v) is 4.25. The summed E-state index contributed by atoms with van der Waals surface area (Å²) < 4.78 is 0. The van der Waals surface area contributed by atoms with Gasteiger partial charge in [0.15, 0.2) is 0 Å². The van der Waals surface area contributed by atoms with Crippen LogP contribution in [0.4, 0.5) is 0 Å². The maximum absolute atomic E-state index is 11.1. The van der Waals surface area contributed by atoms with Crippen LogP contribution in [0.25, 0.3) is 0 Å².